The summed E-state index contributed by atoms with van der Waals surface area (Å²) in [5.74, 6) is -0.403. The van der Waals surface area contributed by atoms with Crippen molar-refractivity contribution >= 4 is 0 Å². The molecular weight excluding hydrogens is 378 g/mol. The molecule has 1 heterocycles. The summed E-state index contributed by atoms with van der Waals surface area (Å²) < 4.78 is 29.0. The number of hydrogen-bond acceptors (Lipinski definition) is 1. The molecule has 0 N–H and O–H groups in total. The first kappa shape index (κ1) is 20.0. The fourth-order valence-corrected chi connectivity index (χ4v) is 3.88. The number of aryl methyl sites for hydroxylation is 1. The minimum atomic E-state index is -0.249. The van der Waals surface area contributed by atoms with E-state index < -0.39 is 0 Å². The number of hydrogen-bond donors (Lipinski definition) is 0. The molecule has 4 aromatic rings. The number of halogens is 2. The van der Waals surface area contributed by atoms with Crippen LogP contribution in [0.5, 0.6) is 0 Å². The molecule has 3 aromatic carbocycles. The Morgan fingerprint density at radius 2 is 1.37 bits per heavy atom. The first-order chi connectivity index (χ1) is 14.7. The zero-order valence-electron chi connectivity index (χ0n) is 16.7. The predicted octanol–water partition coefficient (Wildman–Crippen LogP) is 6.36. The van der Waals surface area contributed by atoms with Crippen molar-refractivity contribution in [2.75, 3.05) is 0 Å². The Morgan fingerprint density at radius 3 is 1.97 bits per heavy atom. The van der Waals surface area contributed by atoms with Crippen LogP contribution in [0.25, 0.3) is 0 Å². The van der Waals surface area contributed by atoms with Crippen molar-refractivity contribution in [3.05, 3.63) is 125 Å². The molecule has 0 radical (unpaired) electrons. The number of rotatable bonds is 8. The van der Waals surface area contributed by atoms with Crippen molar-refractivity contribution in [1.29, 1.82) is 0 Å². The quantitative estimate of drug-likeness (QED) is 0.335. The second-order valence-electron chi connectivity index (χ2n) is 7.55. The van der Waals surface area contributed by atoms with Gasteiger partial charge in [-0.1, -0.05) is 54.6 Å². The van der Waals surface area contributed by atoms with Crippen molar-refractivity contribution in [2.24, 2.45) is 0 Å². The largest absolute Gasteiger partial charge is 0.330 e. The van der Waals surface area contributed by atoms with Gasteiger partial charge in [0.1, 0.15) is 11.6 Å². The fraction of sp³-hybridized carbons (Fsp3) is 0.192. The molecular formula is C26H24F2N2. The van der Waals surface area contributed by atoms with Crippen LogP contribution in [-0.4, -0.2) is 9.55 Å². The van der Waals surface area contributed by atoms with Crippen LogP contribution in [0.15, 0.2) is 91.4 Å². The molecule has 30 heavy (non-hydrogen) atoms. The number of aromatic nitrogens is 2. The maximum atomic E-state index is 13.4. The van der Waals surface area contributed by atoms with Gasteiger partial charge in [0.05, 0.1) is 6.33 Å². The molecule has 0 spiro atoms. The molecule has 0 aliphatic carbocycles. The molecule has 0 saturated carbocycles. The lowest BCUT2D eigenvalue weighted by molar-refractivity contribution is 0.613. The topological polar surface area (TPSA) is 17.8 Å². The highest BCUT2D eigenvalue weighted by molar-refractivity contribution is 5.32. The molecule has 0 aliphatic rings. The van der Waals surface area contributed by atoms with E-state index in [1.165, 1.54) is 35.5 Å². The van der Waals surface area contributed by atoms with E-state index in [1.807, 2.05) is 55.0 Å². The zero-order chi connectivity index (χ0) is 20.8. The van der Waals surface area contributed by atoms with E-state index >= 15 is 0 Å². The third-order valence-electron chi connectivity index (χ3n) is 5.46. The Balaban J connectivity index is 1.46. The molecule has 2 nitrogen and oxygen atoms in total. The van der Waals surface area contributed by atoms with Crippen LogP contribution in [-0.2, 0) is 13.0 Å². The van der Waals surface area contributed by atoms with E-state index in [-0.39, 0.29) is 17.6 Å². The lowest BCUT2D eigenvalue weighted by Crippen LogP contribution is -2.06. The molecule has 4 rings (SSSR count). The Hall–Kier alpha value is -3.27. The van der Waals surface area contributed by atoms with Gasteiger partial charge in [-0.05, 0) is 60.2 Å². The Bertz CT molecular complexity index is 1010. The summed E-state index contributed by atoms with van der Waals surface area (Å²) in [6, 6.07) is 23.6. The van der Waals surface area contributed by atoms with Gasteiger partial charge >= 0.3 is 0 Å². The standard InChI is InChI=1S/C26H24F2N2/c27-23-13-9-21(10-14-23)26(22-11-15-24(28)16-12-22)8-4-7-25-17-29-19-30(25)18-20-5-2-1-3-6-20/h1-3,5-6,9-17,19,26H,4,7-8,18H2. The monoisotopic (exact) mass is 402 g/mol. The molecule has 0 fully saturated rings. The predicted molar refractivity (Wildman–Crippen MR) is 115 cm³/mol. The Labute approximate surface area is 175 Å². The van der Waals surface area contributed by atoms with Crippen LogP contribution in [0, 0.1) is 11.6 Å². The van der Waals surface area contributed by atoms with Crippen LogP contribution in [0.1, 0.15) is 41.1 Å². The van der Waals surface area contributed by atoms with Crippen LogP contribution in [0.4, 0.5) is 8.78 Å². The van der Waals surface area contributed by atoms with E-state index in [1.54, 1.807) is 0 Å². The number of nitrogens with zero attached hydrogens (tertiary/aromatic N) is 2. The van der Waals surface area contributed by atoms with Crippen molar-refractivity contribution in [1.82, 2.24) is 9.55 Å². The maximum Gasteiger partial charge on any atom is 0.123 e. The van der Waals surface area contributed by atoms with E-state index in [2.05, 4.69) is 21.7 Å². The smallest absolute Gasteiger partial charge is 0.123 e. The molecule has 152 valence electrons. The zero-order valence-corrected chi connectivity index (χ0v) is 16.7. The average Bonchev–Trinajstić information content (AvgIpc) is 3.20. The van der Waals surface area contributed by atoms with Crippen molar-refractivity contribution in [3.63, 3.8) is 0 Å². The summed E-state index contributed by atoms with van der Waals surface area (Å²) in [6.07, 6.45) is 6.52. The third kappa shape index (κ3) is 5.01. The average molecular weight is 402 g/mol. The Kier molecular flexibility index (Phi) is 6.33. The van der Waals surface area contributed by atoms with Gasteiger partial charge in [-0.3, -0.25) is 0 Å². The van der Waals surface area contributed by atoms with Crippen molar-refractivity contribution < 1.29 is 8.78 Å². The highest BCUT2D eigenvalue weighted by atomic mass is 19.1. The van der Waals surface area contributed by atoms with Gasteiger partial charge in [0, 0.05) is 24.4 Å². The van der Waals surface area contributed by atoms with Gasteiger partial charge < -0.3 is 4.57 Å². The van der Waals surface area contributed by atoms with Crippen molar-refractivity contribution in [3.8, 4) is 0 Å². The van der Waals surface area contributed by atoms with E-state index in [4.69, 9.17) is 0 Å². The van der Waals surface area contributed by atoms with Crippen LogP contribution >= 0.6 is 0 Å². The van der Waals surface area contributed by atoms with Crippen LogP contribution < -0.4 is 0 Å². The maximum absolute atomic E-state index is 13.4. The molecule has 1 aromatic heterocycles. The lowest BCUT2D eigenvalue weighted by Gasteiger charge is -2.18. The highest BCUT2D eigenvalue weighted by Crippen LogP contribution is 2.30. The Morgan fingerprint density at radius 1 is 0.767 bits per heavy atom. The molecule has 0 saturated heterocycles. The SMILES string of the molecule is Fc1ccc(C(CCCc2cncn2Cc2ccccc2)c2ccc(F)cc2)cc1. The minimum Gasteiger partial charge on any atom is -0.330 e. The van der Waals surface area contributed by atoms with Gasteiger partial charge in [-0.25, -0.2) is 13.8 Å². The molecule has 0 bridgehead atoms. The highest BCUT2D eigenvalue weighted by Gasteiger charge is 2.15. The van der Waals surface area contributed by atoms with Crippen molar-refractivity contribution in [2.45, 2.75) is 31.7 Å². The fourth-order valence-electron chi connectivity index (χ4n) is 3.88. The van der Waals surface area contributed by atoms with Gasteiger partial charge in [0.25, 0.3) is 0 Å². The molecule has 0 amide bonds. The van der Waals surface area contributed by atoms with Gasteiger partial charge in [-0.15, -0.1) is 0 Å². The number of benzene rings is 3. The lowest BCUT2D eigenvalue weighted by atomic mass is 9.87. The van der Waals surface area contributed by atoms with Crippen LogP contribution in [0.2, 0.25) is 0 Å². The normalized spacial score (nSPS) is 11.2. The van der Waals surface area contributed by atoms with Crippen LogP contribution in [0.3, 0.4) is 0 Å². The van der Waals surface area contributed by atoms with E-state index in [0.29, 0.717) is 0 Å². The summed E-state index contributed by atoms with van der Waals surface area (Å²) >= 11 is 0. The second-order valence-corrected chi connectivity index (χ2v) is 7.55. The number of imidazole rings is 1. The molecule has 0 aliphatic heterocycles. The summed E-state index contributed by atoms with van der Waals surface area (Å²) in [6.45, 7) is 0.801. The summed E-state index contributed by atoms with van der Waals surface area (Å²) in [7, 11) is 0. The first-order valence-electron chi connectivity index (χ1n) is 10.2. The molecule has 0 atom stereocenters. The second kappa shape index (κ2) is 9.49. The van der Waals surface area contributed by atoms with Gasteiger partial charge in [0.2, 0.25) is 0 Å². The third-order valence-corrected chi connectivity index (χ3v) is 5.46. The summed E-state index contributed by atoms with van der Waals surface area (Å²) in [4.78, 5) is 4.33. The minimum absolute atomic E-state index is 0.0942. The van der Waals surface area contributed by atoms with E-state index in [9.17, 15) is 8.78 Å². The summed E-state index contributed by atoms with van der Waals surface area (Å²) in [5, 5.41) is 0. The van der Waals surface area contributed by atoms with Gasteiger partial charge in [-0.2, -0.15) is 0 Å². The summed E-state index contributed by atoms with van der Waals surface area (Å²) in [5.41, 5.74) is 4.52. The molecule has 0 unspecified atom stereocenters. The molecule has 4 heteroatoms. The van der Waals surface area contributed by atoms with Gasteiger partial charge in [0.15, 0.2) is 0 Å². The first-order valence-corrected chi connectivity index (χ1v) is 10.2. The van der Waals surface area contributed by atoms with E-state index in [0.717, 1.165) is 36.9 Å².